The summed E-state index contributed by atoms with van der Waals surface area (Å²) in [5.41, 5.74) is 2.66. The lowest BCUT2D eigenvalue weighted by molar-refractivity contribution is 0.475. The van der Waals surface area contributed by atoms with Gasteiger partial charge < -0.3 is 5.11 Å². The number of rotatable bonds is 5. The van der Waals surface area contributed by atoms with Gasteiger partial charge in [0.2, 0.25) is 0 Å². The van der Waals surface area contributed by atoms with Gasteiger partial charge in [-0.25, -0.2) is 18.4 Å². The first-order valence-electron chi connectivity index (χ1n) is 8.63. The highest BCUT2D eigenvalue weighted by Crippen LogP contribution is 2.23. The average molecular weight is 407 g/mol. The standard InChI is InChI=1S/C21H17N3O3S.CH4/c25-16-12-10-15(11-13-16)14-20-21(23-19-9-5-4-8-18(19)22-20)24-28(26,27)17-6-2-1-3-7-17;/h1-13,25H,14H2,(H,23,24);1H4. The van der Waals surface area contributed by atoms with Gasteiger partial charge in [-0.1, -0.05) is 49.9 Å². The molecular weight excluding hydrogens is 386 g/mol. The van der Waals surface area contributed by atoms with Gasteiger partial charge in [0.1, 0.15) is 5.75 Å². The first-order valence-corrected chi connectivity index (χ1v) is 10.1. The van der Waals surface area contributed by atoms with E-state index in [4.69, 9.17) is 0 Å². The SMILES string of the molecule is C.O=S(=O)(Nc1nc2ccccc2nc1Cc1ccc(O)cc1)c1ccccc1. The highest BCUT2D eigenvalue weighted by molar-refractivity contribution is 7.92. The molecular formula is C22H21N3O3S. The Kier molecular flexibility index (Phi) is 5.79. The lowest BCUT2D eigenvalue weighted by Crippen LogP contribution is -2.16. The molecule has 0 fully saturated rings. The lowest BCUT2D eigenvalue weighted by Gasteiger charge is -2.13. The largest absolute Gasteiger partial charge is 0.508 e. The quantitative estimate of drug-likeness (QED) is 0.513. The van der Waals surface area contributed by atoms with Crippen LogP contribution >= 0.6 is 0 Å². The van der Waals surface area contributed by atoms with E-state index in [-0.39, 0.29) is 23.9 Å². The molecule has 1 heterocycles. The van der Waals surface area contributed by atoms with E-state index in [2.05, 4.69) is 14.7 Å². The molecule has 0 bridgehead atoms. The predicted octanol–water partition coefficient (Wildman–Crippen LogP) is 4.36. The van der Waals surface area contributed by atoms with Crippen LogP contribution in [0.15, 0.2) is 83.8 Å². The Morgan fingerprint density at radius 3 is 2.03 bits per heavy atom. The second-order valence-electron chi connectivity index (χ2n) is 6.27. The molecule has 0 aliphatic heterocycles. The third-order valence-corrected chi connectivity index (χ3v) is 5.59. The molecule has 0 atom stereocenters. The lowest BCUT2D eigenvalue weighted by atomic mass is 10.1. The summed E-state index contributed by atoms with van der Waals surface area (Å²) < 4.78 is 28.1. The molecule has 0 aliphatic rings. The summed E-state index contributed by atoms with van der Waals surface area (Å²) >= 11 is 0. The molecule has 0 saturated carbocycles. The van der Waals surface area contributed by atoms with E-state index in [0.29, 0.717) is 23.1 Å². The van der Waals surface area contributed by atoms with Crippen LogP contribution in [-0.2, 0) is 16.4 Å². The smallest absolute Gasteiger partial charge is 0.263 e. The van der Waals surface area contributed by atoms with Gasteiger partial charge >= 0.3 is 0 Å². The van der Waals surface area contributed by atoms with Gasteiger partial charge in [0.05, 0.1) is 21.6 Å². The molecule has 0 unspecified atom stereocenters. The summed E-state index contributed by atoms with van der Waals surface area (Å²) in [5.74, 6) is 0.356. The Balaban J connectivity index is 0.00000240. The third kappa shape index (κ3) is 4.52. The van der Waals surface area contributed by atoms with Crippen molar-refractivity contribution < 1.29 is 13.5 Å². The maximum Gasteiger partial charge on any atom is 0.263 e. The van der Waals surface area contributed by atoms with Crippen molar-refractivity contribution in [2.24, 2.45) is 0 Å². The summed E-state index contributed by atoms with van der Waals surface area (Å²) in [4.78, 5) is 9.27. The zero-order valence-electron chi connectivity index (χ0n) is 14.8. The zero-order chi connectivity index (χ0) is 19.6. The minimum Gasteiger partial charge on any atom is -0.508 e. The van der Waals surface area contributed by atoms with E-state index in [0.717, 1.165) is 5.56 Å². The van der Waals surface area contributed by atoms with Crippen molar-refractivity contribution in [3.8, 4) is 5.75 Å². The second-order valence-corrected chi connectivity index (χ2v) is 7.95. The molecule has 7 heteroatoms. The van der Waals surface area contributed by atoms with Crippen LogP contribution in [0.25, 0.3) is 11.0 Å². The van der Waals surface area contributed by atoms with Crippen LogP contribution in [0.4, 0.5) is 5.82 Å². The highest BCUT2D eigenvalue weighted by atomic mass is 32.2. The van der Waals surface area contributed by atoms with Gasteiger partial charge in [-0.2, -0.15) is 0 Å². The number of aromatic hydroxyl groups is 1. The van der Waals surface area contributed by atoms with Gasteiger partial charge in [0.15, 0.2) is 5.82 Å². The number of phenols is 1. The number of nitrogens with one attached hydrogen (secondary N) is 1. The molecule has 4 rings (SSSR count). The second kappa shape index (κ2) is 8.28. The zero-order valence-corrected chi connectivity index (χ0v) is 15.6. The summed E-state index contributed by atoms with van der Waals surface area (Å²) in [6.45, 7) is 0. The van der Waals surface area contributed by atoms with Gasteiger partial charge in [0, 0.05) is 6.42 Å². The Morgan fingerprint density at radius 1 is 0.793 bits per heavy atom. The minimum absolute atomic E-state index is 0. The Morgan fingerprint density at radius 2 is 1.38 bits per heavy atom. The van der Waals surface area contributed by atoms with Crippen LogP contribution in [0.5, 0.6) is 5.75 Å². The fourth-order valence-corrected chi connectivity index (χ4v) is 3.89. The maximum absolute atomic E-state index is 12.8. The number of benzene rings is 3. The molecule has 0 spiro atoms. The fraction of sp³-hybridized carbons (Fsp3) is 0.0909. The molecule has 0 saturated heterocycles. The van der Waals surface area contributed by atoms with Crippen molar-refractivity contribution in [3.63, 3.8) is 0 Å². The van der Waals surface area contributed by atoms with Gasteiger partial charge in [-0.15, -0.1) is 0 Å². The van der Waals surface area contributed by atoms with Crippen LogP contribution in [0.1, 0.15) is 18.7 Å². The average Bonchev–Trinajstić information content (AvgIpc) is 2.70. The summed E-state index contributed by atoms with van der Waals surface area (Å²) in [7, 11) is -3.80. The van der Waals surface area contributed by atoms with E-state index in [9.17, 15) is 13.5 Å². The third-order valence-electron chi connectivity index (χ3n) is 4.24. The molecule has 0 amide bonds. The first-order chi connectivity index (χ1) is 13.5. The van der Waals surface area contributed by atoms with Crippen molar-refractivity contribution >= 4 is 26.9 Å². The summed E-state index contributed by atoms with van der Waals surface area (Å²) in [6, 6.07) is 22.1. The van der Waals surface area contributed by atoms with Gasteiger partial charge in [0.25, 0.3) is 10.0 Å². The first kappa shape index (κ1) is 20.3. The Labute approximate surface area is 170 Å². The summed E-state index contributed by atoms with van der Waals surface area (Å²) in [6.07, 6.45) is 0.366. The summed E-state index contributed by atoms with van der Waals surface area (Å²) in [5, 5.41) is 9.48. The number of sulfonamides is 1. The fourth-order valence-electron chi connectivity index (χ4n) is 2.83. The number of para-hydroxylation sites is 2. The van der Waals surface area contributed by atoms with Crippen LogP contribution in [0.2, 0.25) is 0 Å². The topological polar surface area (TPSA) is 92.2 Å². The van der Waals surface area contributed by atoms with Crippen LogP contribution < -0.4 is 4.72 Å². The molecule has 1 aromatic heterocycles. The van der Waals surface area contributed by atoms with E-state index in [1.165, 1.54) is 12.1 Å². The molecule has 29 heavy (non-hydrogen) atoms. The molecule has 0 radical (unpaired) electrons. The molecule has 0 aliphatic carbocycles. The number of fused-ring (bicyclic) bond motifs is 1. The molecule has 148 valence electrons. The predicted molar refractivity (Wildman–Crippen MR) is 114 cm³/mol. The molecule has 6 nitrogen and oxygen atoms in total. The van der Waals surface area contributed by atoms with Crippen LogP contribution in [-0.4, -0.2) is 23.5 Å². The van der Waals surface area contributed by atoms with Crippen LogP contribution in [0, 0.1) is 0 Å². The van der Waals surface area contributed by atoms with Crippen molar-refractivity contribution in [1.82, 2.24) is 9.97 Å². The highest BCUT2D eigenvalue weighted by Gasteiger charge is 2.18. The molecule has 3 aromatic carbocycles. The number of aromatic nitrogens is 2. The van der Waals surface area contributed by atoms with Crippen LogP contribution in [0.3, 0.4) is 0 Å². The van der Waals surface area contributed by atoms with E-state index >= 15 is 0 Å². The molecule has 4 aromatic rings. The number of hydrogen-bond donors (Lipinski definition) is 2. The van der Waals surface area contributed by atoms with Gasteiger partial charge in [-0.05, 0) is 42.0 Å². The normalized spacial score (nSPS) is 11.0. The minimum atomic E-state index is -3.80. The number of nitrogens with zero attached hydrogens (tertiary/aromatic N) is 2. The number of phenolic OH excluding ortho intramolecular Hbond substituents is 1. The van der Waals surface area contributed by atoms with Crippen molar-refractivity contribution in [3.05, 3.63) is 90.1 Å². The van der Waals surface area contributed by atoms with Crippen molar-refractivity contribution in [2.75, 3.05) is 4.72 Å². The maximum atomic E-state index is 12.8. The Bertz CT molecular complexity index is 1230. The monoisotopic (exact) mass is 407 g/mol. The number of anilines is 1. The van der Waals surface area contributed by atoms with E-state index < -0.39 is 10.0 Å². The van der Waals surface area contributed by atoms with Crippen molar-refractivity contribution in [1.29, 1.82) is 0 Å². The Hall–Kier alpha value is -3.45. The molecule has 2 N–H and O–H groups in total. The number of hydrogen-bond acceptors (Lipinski definition) is 5. The van der Waals surface area contributed by atoms with Crippen molar-refractivity contribution in [2.45, 2.75) is 18.7 Å². The van der Waals surface area contributed by atoms with Gasteiger partial charge in [-0.3, -0.25) is 4.72 Å². The van der Waals surface area contributed by atoms with E-state index in [1.54, 1.807) is 48.5 Å². The van der Waals surface area contributed by atoms with E-state index in [1.807, 2.05) is 18.2 Å².